The van der Waals surface area contributed by atoms with Gasteiger partial charge in [0.25, 0.3) is 0 Å². The highest BCUT2D eigenvalue weighted by Gasteiger charge is 2.17. The summed E-state index contributed by atoms with van der Waals surface area (Å²) in [6.45, 7) is 5.50. The van der Waals surface area contributed by atoms with E-state index >= 15 is 0 Å². The zero-order valence-corrected chi connectivity index (χ0v) is 9.83. The number of carbonyl (C=O) groups is 1. The van der Waals surface area contributed by atoms with Gasteiger partial charge in [-0.05, 0) is 33.0 Å². The second-order valence-electron chi connectivity index (χ2n) is 2.70. The van der Waals surface area contributed by atoms with Crippen molar-refractivity contribution in [3.63, 3.8) is 0 Å². The zero-order valence-electron chi connectivity index (χ0n) is 8.20. The molecule has 0 radical (unpaired) electrons. The third-order valence-corrected chi connectivity index (χ3v) is 2.36. The molecule has 76 valence electrons. The number of ether oxygens (including phenoxy) is 2. The number of methoxy groups -OCH3 is 1. The van der Waals surface area contributed by atoms with Crippen LogP contribution in [0.15, 0.2) is 0 Å². The number of thiocarbonyl (C=S) groups is 1. The fourth-order valence-corrected chi connectivity index (χ4v) is 1.93. The number of rotatable bonds is 3. The molecular weight excluding hydrogens is 208 g/mol. The van der Waals surface area contributed by atoms with Crippen LogP contribution in [0.25, 0.3) is 0 Å². The van der Waals surface area contributed by atoms with Crippen LogP contribution in [0.5, 0.6) is 0 Å². The third kappa shape index (κ3) is 5.87. The summed E-state index contributed by atoms with van der Waals surface area (Å²) in [6.07, 6.45) is 0.0462. The number of thioether (sulfide) groups is 1. The Morgan fingerprint density at radius 2 is 1.92 bits per heavy atom. The van der Waals surface area contributed by atoms with E-state index in [1.165, 1.54) is 18.9 Å². The van der Waals surface area contributed by atoms with Crippen molar-refractivity contribution in [2.75, 3.05) is 7.11 Å². The topological polar surface area (TPSA) is 35.5 Å². The summed E-state index contributed by atoms with van der Waals surface area (Å²) in [6, 6.07) is 0. The van der Waals surface area contributed by atoms with Gasteiger partial charge in [-0.3, -0.25) is 4.79 Å². The lowest BCUT2D eigenvalue weighted by molar-refractivity contribution is -0.139. The van der Waals surface area contributed by atoms with Crippen molar-refractivity contribution in [1.82, 2.24) is 0 Å². The van der Waals surface area contributed by atoms with E-state index in [1.807, 2.05) is 13.8 Å². The van der Waals surface area contributed by atoms with Crippen LogP contribution in [0.2, 0.25) is 0 Å². The quantitative estimate of drug-likeness (QED) is 0.539. The van der Waals surface area contributed by atoms with E-state index in [9.17, 15) is 4.79 Å². The molecule has 13 heavy (non-hydrogen) atoms. The van der Waals surface area contributed by atoms with E-state index in [1.54, 1.807) is 6.92 Å². The molecule has 0 rings (SSSR count). The van der Waals surface area contributed by atoms with Gasteiger partial charge >= 0.3 is 5.97 Å². The van der Waals surface area contributed by atoms with Gasteiger partial charge < -0.3 is 9.47 Å². The molecule has 1 atom stereocenters. The Hall–Kier alpha value is -0.290. The van der Waals surface area contributed by atoms with E-state index in [4.69, 9.17) is 17.0 Å². The largest absolute Gasteiger partial charge is 0.476 e. The summed E-state index contributed by atoms with van der Waals surface area (Å²) in [5, 5.41) is -0.309. The summed E-state index contributed by atoms with van der Waals surface area (Å²) < 4.78 is 10.1. The molecule has 0 aromatic carbocycles. The van der Waals surface area contributed by atoms with Crippen molar-refractivity contribution in [3.8, 4) is 0 Å². The summed E-state index contributed by atoms with van der Waals surface area (Å²) >= 11 is 6.10. The highest BCUT2D eigenvalue weighted by molar-refractivity contribution is 8.23. The van der Waals surface area contributed by atoms with Gasteiger partial charge in [-0.25, -0.2) is 0 Å². The number of esters is 1. The van der Waals surface area contributed by atoms with Crippen LogP contribution in [0.4, 0.5) is 0 Å². The first-order chi connectivity index (χ1) is 5.97. The number of carbonyl (C=O) groups excluding carboxylic acids is 1. The molecule has 0 aliphatic carbocycles. The molecule has 0 N–H and O–H groups in total. The molecule has 0 aliphatic rings. The SMILES string of the molecule is COC(=O)C(C)SC(=S)OC(C)C. The minimum atomic E-state index is -0.309. The molecule has 0 bridgehead atoms. The molecule has 5 heteroatoms. The monoisotopic (exact) mass is 222 g/mol. The van der Waals surface area contributed by atoms with Crippen molar-refractivity contribution in [1.29, 1.82) is 0 Å². The maximum atomic E-state index is 11.0. The molecule has 3 nitrogen and oxygen atoms in total. The Bertz CT molecular complexity index is 192. The van der Waals surface area contributed by atoms with Crippen LogP contribution < -0.4 is 0 Å². The lowest BCUT2D eigenvalue weighted by atomic mass is 10.5. The first-order valence-corrected chi connectivity index (χ1v) is 5.21. The van der Waals surface area contributed by atoms with Crippen LogP contribution in [-0.2, 0) is 14.3 Å². The second-order valence-corrected chi connectivity index (χ2v) is 4.64. The van der Waals surface area contributed by atoms with Gasteiger partial charge in [0.1, 0.15) is 5.25 Å². The molecular formula is C8H14O3S2. The smallest absolute Gasteiger partial charge is 0.319 e. The van der Waals surface area contributed by atoms with Gasteiger partial charge in [-0.15, -0.1) is 0 Å². The standard InChI is InChI=1S/C8H14O3S2/c1-5(2)11-8(12)13-6(3)7(9)10-4/h5-6H,1-4H3. The first-order valence-electron chi connectivity index (χ1n) is 3.92. The van der Waals surface area contributed by atoms with Gasteiger partial charge in [-0.1, -0.05) is 11.8 Å². The molecule has 0 fully saturated rings. The summed E-state index contributed by atoms with van der Waals surface area (Å²) in [5.74, 6) is -0.292. The molecule has 0 saturated heterocycles. The second kappa shape index (κ2) is 6.21. The van der Waals surface area contributed by atoms with Gasteiger partial charge in [0.2, 0.25) is 4.38 Å². The van der Waals surface area contributed by atoms with E-state index in [0.717, 1.165) is 0 Å². The Kier molecular flexibility index (Phi) is 6.07. The number of hydrogen-bond donors (Lipinski definition) is 0. The Labute approximate surface area is 88.2 Å². The van der Waals surface area contributed by atoms with Crippen LogP contribution >= 0.6 is 24.0 Å². The molecule has 0 heterocycles. The average Bonchev–Trinajstić information content (AvgIpc) is 2.01. The van der Waals surface area contributed by atoms with Crippen LogP contribution in [0, 0.1) is 0 Å². The summed E-state index contributed by atoms with van der Waals surface area (Å²) in [5.41, 5.74) is 0. The van der Waals surface area contributed by atoms with Crippen LogP contribution in [0.3, 0.4) is 0 Å². The Morgan fingerprint density at radius 1 is 1.38 bits per heavy atom. The molecule has 0 aliphatic heterocycles. The normalized spacial score (nSPS) is 12.4. The number of hydrogen-bond acceptors (Lipinski definition) is 5. The predicted octanol–water partition coefficient (Wildman–Crippen LogP) is 1.99. The molecule has 0 amide bonds. The predicted molar refractivity (Wildman–Crippen MR) is 57.9 cm³/mol. The van der Waals surface area contributed by atoms with Crippen LogP contribution in [-0.4, -0.2) is 28.8 Å². The van der Waals surface area contributed by atoms with Gasteiger partial charge in [0.05, 0.1) is 13.2 Å². The lowest BCUT2D eigenvalue weighted by Gasteiger charge is -2.12. The van der Waals surface area contributed by atoms with E-state index in [0.29, 0.717) is 4.38 Å². The van der Waals surface area contributed by atoms with Crippen molar-refractivity contribution >= 4 is 34.3 Å². The van der Waals surface area contributed by atoms with E-state index < -0.39 is 0 Å². The maximum Gasteiger partial charge on any atom is 0.319 e. The molecule has 0 aromatic heterocycles. The van der Waals surface area contributed by atoms with E-state index in [-0.39, 0.29) is 17.3 Å². The first kappa shape index (κ1) is 12.7. The summed E-state index contributed by atoms with van der Waals surface area (Å²) in [7, 11) is 1.35. The molecule has 0 aromatic rings. The minimum Gasteiger partial charge on any atom is -0.476 e. The van der Waals surface area contributed by atoms with Crippen molar-refractivity contribution < 1.29 is 14.3 Å². The highest BCUT2D eigenvalue weighted by Crippen LogP contribution is 2.16. The maximum absolute atomic E-state index is 11.0. The van der Waals surface area contributed by atoms with Crippen molar-refractivity contribution in [3.05, 3.63) is 0 Å². The third-order valence-electron chi connectivity index (χ3n) is 1.14. The Balaban J connectivity index is 3.85. The van der Waals surface area contributed by atoms with Gasteiger partial charge in [0.15, 0.2) is 0 Å². The van der Waals surface area contributed by atoms with Gasteiger partial charge in [-0.2, -0.15) is 0 Å². The zero-order chi connectivity index (χ0) is 10.4. The van der Waals surface area contributed by atoms with E-state index in [2.05, 4.69) is 4.74 Å². The molecule has 0 spiro atoms. The van der Waals surface area contributed by atoms with Crippen LogP contribution in [0.1, 0.15) is 20.8 Å². The Morgan fingerprint density at radius 3 is 2.31 bits per heavy atom. The van der Waals surface area contributed by atoms with Crippen molar-refractivity contribution in [2.24, 2.45) is 0 Å². The van der Waals surface area contributed by atoms with Gasteiger partial charge in [0, 0.05) is 0 Å². The lowest BCUT2D eigenvalue weighted by Crippen LogP contribution is -2.18. The van der Waals surface area contributed by atoms with Crippen molar-refractivity contribution in [2.45, 2.75) is 32.1 Å². The fraction of sp³-hybridized carbons (Fsp3) is 0.750. The summed E-state index contributed by atoms with van der Waals surface area (Å²) in [4.78, 5) is 11.0. The fourth-order valence-electron chi connectivity index (χ4n) is 0.579. The minimum absolute atomic E-state index is 0.0462. The highest BCUT2D eigenvalue weighted by atomic mass is 32.2. The molecule has 1 unspecified atom stereocenters. The average molecular weight is 222 g/mol. The molecule has 0 saturated carbocycles.